The molecule has 6 heteroatoms. The van der Waals surface area contributed by atoms with E-state index in [4.69, 9.17) is 15.2 Å². The van der Waals surface area contributed by atoms with Crippen LogP contribution < -0.4 is 10.5 Å². The molecule has 0 atom stereocenters. The third-order valence-electron chi connectivity index (χ3n) is 2.45. The van der Waals surface area contributed by atoms with Gasteiger partial charge >= 0.3 is 5.97 Å². The summed E-state index contributed by atoms with van der Waals surface area (Å²) in [6, 6.07) is 6.14. The average molecular weight is 279 g/mol. The molecule has 20 heavy (non-hydrogen) atoms. The minimum absolute atomic E-state index is 0.0522. The minimum atomic E-state index is -0.526. The Hall–Kier alpha value is -2.37. The van der Waals surface area contributed by atoms with Crippen molar-refractivity contribution in [2.75, 3.05) is 13.2 Å². The Kier molecular flexibility index (Phi) is 6.22. The molecular formula is C14H17NO5. The predicted octanol–water partition coefficient (Wildman–Crippen LogP) is 1.08. The zero-order chi connectivity index (χ0) is 15.0. The van der Waals surface area contributed by atoms with Gasteiger partial charge in [-0.3, -0.25) is 14.4 Å². The van der Waals surface area contributed by atoms with Crippen molar-refractivity contribution >= 4 is 17.7 Å². The lowest BCUT2D eigenvalue weighted by Gasteiger charge is -2.06. The molecule has 0 aliphatic carbocycles. The van der Waals surface area contributed by atoms with E-state index in [1.54, 1.807) is 19.1 Å². The molecule has 0 fully saturated rings. The van der Waals surface area contributed by atoms with Gasteiger partial charge < -0.3 is 15.2 Å². The monoisotopic (exact) mass is 279 g/mol. The molecule has 0 spiro atoms. The number of hydrogen-bond donors (Lipinski definition) is 1. The largest absolute Gasteiger partial charge is 0.486 e. The van der Waals surface area contributed by atoms with Gasteiger partial charge in [-0.05, 0) is 31.2 Å². The first kappa shape index (κ1) is 15.7. The first-order valence-electron chi connectivity index (χ1n) is 6.23. The number of hydrogen-bond acceptors (Lipinski definition) is 5. The zero-order valence-electron chi connectivity index (χ0n) is 11.3. The van der Waals surface area contributed by atoms with E-state index < -0.39 is 11.9 Å². The van der Waals surface area contributed by atoms with Crippen molar-refractivity contribution in [3.8, 4) is 5.75 Å². The summed E-state index contributed by atoms with van der Waals surface area (Å²) in [4.78, 5) is 33.4. The minimum Gasteiger partial charge on any atom is -0.486 e. The number of carbonyl (C=O) groups is 3. The van der Waals surface area contributed by atoms with Gasteiger partial charge in [0, 0.05) is 12.0 Å². The number of ketones is 1. The summed E-state index contributed by atoms with van der Waals surface area (Å²) < 4.78 is 9.96. The second-order valence-corrected chi connectivity index (χ2v) is 4.02. The summed E-state index contributed by atoms with van der Waals surface area (Å²) in [6.45, 7) is 1.88. The molecule has 1 aromatic rings. The summed E-state index contributed by atoms with van der Waals surface area (Å²) >= 11 is 0. The van der Waals surface area contributed by atoms with E-state index in [0.29, 0.717) is 17.9 Å². The highest BCUT2D eigenvalue weighted by Gasteiger charge is 2.08. The molecule has 1 aromatic carbocycles. The fraction of sp³-hybridized carbons (Fsp3) is 0.357. The number of Topliss-reactive ketones (excluding diaryl/α,β-unsaturated/α-hetero) is 1. The third kappa shape index (κ3) is 5.51. The van der Waals surface area contributed by atoms with Crippen LogP contribution in [0.1, 0.15) is 30.1 Å². The van der Waals surface area contributed by atoms with Crippen LogP contribution in [0.15, 0.2) is 24.3 Å². The molecule has 0 bridgehead atoms. The molecule has 0 radical (unpaired) electrons. The van der Waals surface area contributed by atoms with Crippen molar-refractivity contribution in [3.63, 3.8) is 0 Å². The Morgan fingerprint density at radius 2 is 1.75 bits per heavy atom. The Morgan fingerprint density at radius 1 is 1.10 bits per heavy atom. The van der Waals surface area contributed by atoms with Crippen molar-refractivity contribution < 1.29 is 23.9 Å². The third-order valence-corrected chi connectivity index (χ3v) is 2.45. The smallest absolute Gasteiger partial charge is 0.306 e. The van der Waals surface area contributed by atoms with Gasteiger partial charge in [-0.2, -0.15) is 0 Å². The fourth-order valence-corrected chi connectivity index (χ4v) is 1.43. The second-order valence-electron chi connectivity index (χ2n) is 4.02. The van der Waals surface area contributed by atoms with E-state index in [0.717, 1.165) is 0 Å². The number of benzene rings is 1. The number of amides is 1. The highest BCUT2D eigenvalue weighted by atomic mass is 16.5. The van der Waals surface area contributed by atoms with Crippen LogP contribution in [0, 0.1) is 0 Å². The Labute approximate surface area is 116 Å². The van der Waals surface area contributed by atoms with Crippen LogP contribution in [0.5, 0.6) is 5.75 Å². The van der Waals surface area contributed by atoms with Crippen LogP contribution in [-0.2, 0) is 14.3 Å². The molecule has 1 rings (SSSR count). The maximum atomic E-state index is 11.5. The SMILES string of the molecule is CCOC(=O)CCC(=O)COc1ccc(C(N)=O)cc1. The maximum absolute atomic E-state index is 11.5. The Bertz CT molecular complexity index is 481. The zero-order valence-corrected chi connectivity index (χ0v) is 11.3. The van der Waals surface area contributed by atoms with Crippen molar-refractivity contribution in [3.05, 3.63) is 29.8 Å². The molecule has 0 aliphatic heterocycles. The highest BCUT2D eigenvalue weighted by Crippen LogP contribution is 2.12. The second kappa shape index (κ2) is 7.93. The van der Waals surface area contributed by atoms with E-state index >= 15 is 0 Å². The average Bonchev–Trinajstić information content (AvgIpc) is 2.43. The lowest BCUT2D eigenvalue weighted by atomic mass is 10.2. The summed E-state index contributed by atoms with van der Waals surface area (Å²) in [5.41, 5.74) is 5.47. The number of esters is 1. The van der Waals surface area contributed by atoms with Crippen molar-refractivity contribution in [2.24, 2.45) is 5.73 Å². The fourth-order valence-electron chi connectivity index (χ4n) is 1.43. The molecule has 6 nitrogen and oxygen atoms in total. The molecule has 0 aromatic heterocycles. The summed E-state index contributed by atoms with van der Waals surface area (Å²) in [5.74, 6) is -0.662. The first-order valence-corrected chi connectivity index (χ1v) is 6.23. The van der Waals surface area contributed by atoms with Gasteiger partial charge in [-0.25, -0.2) is 0 Å². The molecular weight excluding hydrogens is 262 g/mol. The van der Waals surface area contributed by atoms with E-state index in [2.05, 4.69) is 0 Å². The normalized spacial score (nSPS) is 9.85. The predicted molar refractivity (Wildman–Crippen MR) is 71.3 cm³/mol. The van der Waals surface area contributed by atoms with Gasteiger partial charge in [-0.1, -0.05) is 0 Å². The molecule has 0 saturated carbocycles. The van der Waals surface area contributed by atoms with Crippen LogP contribution >= 0.6 is 0 Å². The van der Waals surface area contributed by atoms with E-state index in [9.17, 15) is 14.4 Å². The van der Waals surface area contributed by atoms with Gasteiger partial charge in [0.25, 0.3) is 0 Å². The quantitative estimate of drug-likeness (QED) is 0.718. The molecule has 0 unspecified atom stereocenters. The topological polar surface area (TPSA) is 95.7 Å². The molecule has 0 saturated heterocycles. The Morgan fingerprint density at radius 3 is 2.30 bits per heavy atom. The molecule has 108 valence electrons. The number of ether oxygens (including phenoxy) is 2. The van der Waals surface area contributed by atoms with E-state index in [1.807, 2.05) is 0 Å². The molecule has 0 aliphatic rings. The first-order chi connectivity index (χ1) is 9.52. The van der Waals surface area contributed by atoms with Crippen molar-refractivity contribution in [2.45, 2.75) is 19.8 Å². The van der Waals surface area contributed by atoms with Crippen molar-refractivity contribution in [1.29, 1.82) is 0 Å². The van der Waals surface area contributed by atoms with Crippen LogP contribution in [0.4, 0.5) is 0 Å². The van der Waals surface area contributed by atoms with Crippen LogP contribution in [0.3, 0.4) is 0 Å². The van der Waals surface area contributed by atoms with Crippen LogP contribution in [0.25, 0.3) is 0 Å². The van der Waals surface area contributed by atoms with Crippen LogP contribution in [0.2, 0.25) is 0 Å². The standard InChI is InChI=1S/C14H17NO5/c1-2-19-13(17)8-5-11(16)9-20-12-6-3-10(4-7-12)14(15)18/h3-4,6-7H,2,5,8-9H2,1H3,(H2,15,18). The highest BCUT2D eigenvalue weighted by molar-refractivity contribution is 5.92. The lowest BCUT2D eigenvalue weighted by molar-refractivity contribution is -0.144. The van der Waals surface area contributed by atoms with Gasteiger partial charge in [0.15, 0.2) is 5.78 Å². The number of carbonyl (C=O) groups excluding carboxylic acids is 3. The van der Waals surface area contributed by atoms with E-state index in [1.165, 1.54) is 12.1 Å². The van der Waals surface area contributed by atoms with Gasteiger partial charge in [0.1, 0.15) is 12.4 Å². The number of nitrogens with two attached hydrogens (primary N) is 1. The summed E-state index contributed by atoms with van der Waals surface area (Å²) in [6.07, 6.45) is 0.134. The molecule has 1 amide bonds. The number of rotatable bonds is 8. The molecule has 0 heterocycles. The van der Waals surface area contributed by atoms with Crippen molar-refractivity contribution in [1.82, 2.24) is 0 Å². The lowest BCUT2D eigenvalue weighted by Crippen LogP contribution is -2.14. The van der Waals surface area contributed by atoms with Gasteiger partial charge in [-0.15, -0.1) is 0 Å². The van der Waals surface area contributed by atoms with Gasteiger partial charge in [0.2, 0.25) is 5.91 Å². The van der Waals surface area contributed by atoms with Gasteiger partial charge in [0.05, 0.1) is 13.0 Å². The van der Waals surface area contributed by atoms with Crippen LogP contribution in [-0.4, -0.2) is 30.9 Å². The number of primary amides is 1. The maximum Gasteiger partial charge on any atom is 0.306 e. The molecule has 2 N–H and O–H groups in total. The summed E-state index contributed by atoms with van der Waals surface area (Å²) in [7, 11) is 0. The Balaban J connectivity index is 2.33. The summed E-state index contributed by atoms with van der Waals surface area (Å²) in [5, 5.41) is 0. The van der Waals surface area contributed by atoms with E-state index in [-0.39, 0.29) is 25.2 Å².